The molecule has 2 aromatic heterocycles. The fourth-order valence-corrected chi connectivity index (χ4v) is 2.21. The van der Waals surface area contributed by atoms with Crippen molar-refractivity contribution in [3.8, 4) is 0 Å². The van der Waals surface area contributed by atoms with Crippen LogP contribution in [-0.4, -0.2) is 9.97 Å². The zero-order valence-corrected chi connectivity index (χ0v) is 13.1. The van der Waals surface area contributed by atoms with Crippen LogP contribution in [0.1, 0.15) is 0 Å². The fourth-order valence-electron chi connectivity index (χ4n) is 2.21. The summed E-state index contributed by atoms with van der Waals surface area (Å²) in [6.07, 6.45) is 3.42. The minimum absolute atomic E-state index is 0. The molecule has 2 aromatic carbocycles. The summed E-state index contributed by atoms with van der Waals surface area (Å²) in [5, 5.41) is 2.06. The molecule has 0 bridgehead atoms. The van der Waals surface area contributed by atoms with E-state index in [0.717, 1.165) is 21.8 Å². The molecule has 1 radical (unpaired) electrons. The molecule has 0 aliphatic rings. The van der Waals surface area contributed by atoms with Crippen LogP contribution in [0.25, 0.3) is 33.3 Å². The van der Waals surface area contributed by atoms with Gasteiger partial charge < -0.3 is 11.5 Å². The van der Waals surface area contributed by atoms with E-state index in [9.17, 15) is 0 Å². The number of aromatic nitrogens is 2. The van der Waals surface area contributed by atoms with E-state index in [0.29, 0.717) is 11.4 Å². The van der Waals surface area contributed by atoms with Gasteiger partial charge in [-0.2, -0.15) is 0 Å². The number of nitrogens with one attached hydrogen (secondary N) is 2. The zero-order valence-electron chi connectivity index (χ0n) is 12.1. The van der Waals surface area contributed by atoms with Crippen molar-refractivity contribution in [2.45, 2.75) is 0 Å². The third-order valence-electron chi connectivity index (χ3n) is 3.27. The first kappa shape index (κ1) is 16.7. The summed E-state index contributed by atoms with van der Waals surface area (Å²) in [4.78, 5) is 8.19. The molecule has 5 heteroatoms. The molecule has 2 N–H and O–H groups in total. The minimum Gasteiger partial charge on any atom is -0.697 e. The van der Waals surface area contributed by atoms with Crippen LogP contribution < -0.4 is 0 Å². The maximum atomic E-state index is 7.50. The molecule has 23 heavy (non-hydrogen) atoms. The summed E-state index contributed by atoms with van der Waals surface area (Å²) in [6, 6.07) is 18.8. The molecule has 0 saturated heterocycles. The fraction of sp³-hybridized carbons (Fsp3) is 0. The standard InChI is InChI=1S/2C9H7N2.Cu/c2*10-8-5-1-3-7-4-2-6-11-9(7)8;/h2*1-6,10H;/q2*-1;+2. The van der Waals surface area contributed by atoms with Crippen LogP contribution in [0.15, 0.2) is 73.1 Å². The molecule has 0 atom stereocenters. The second-order valence-electron chi connectivity index (χ2n) is 4.76. The van der Waals surface area contributed by atoms with Crippen LogP contribution in [0, 0.1) is 0 Å². The van der Waals surface area contributed by atoms with Crippen LogP contribution in [0.5, 0.6) is 0 Å². The Bertz CT molecular complexity index is 837. The van der Waals surface area contributed by atoms with E-state index in [-0.39, 0.29) is 17.1 Å². The van der Waals surface area contributed by atoms with Crippen LogP contribution in [0.2, 0.25) is 0 Å². The molecule has 0 aliphatic carbocycles. The van der Waals surface area contributed by atoms with Crippen molar-refractivity contribution in [1.82, 2.24) is 9.97 Å². The van der Waals surface area contributed by atoms with Crippen LogP contribution in [-0.2, 0) is 17.1 Å². The molecule has 117 valence electrons. The summed E-state index contributed by atoms with van der Waals surface area (Å²) < 4.78 is 0. The van der Waals surface area contributed by atoms with Gasteiger partial charge in [0.15, 0.2) is 0 Å². The minimum atomic E-state index is 0. The van der Waals surface area contributed by atoms with Gasteiger partial charge in [0.2, 0.25) is 0 Å². The Morgan fingerprint density at radius 3 is 1.35 bits per heavy atom. The summed E-state index contributed by atoms with van der Waals surface area (Å²) >= 11 is 0. The Morgan fingerprint density at radius 1 is 0.565 bits per heavy atom. The van der Waals surface area contributed by atoms with Crippen molar-refractivity contribution in [2.24, 2.45) is 0 Å². The molecule has 0 saturated carbocycles. The summed E-state index contributed by atoms with van der Waals surface area (Å²) in [6.45, 7) is 0. The zero-order chi connectivity index (χ0) is 15.4. The normalized spacial score (nSPS) is 9.74. The van der Waals surface area contributed by atoms with Gasteiger partial charge in [-0.3, -0.25) is 9.97 Å². The number of para-hydroxylation sites is 2. The molecular weight excluding hydrogens is 336 g/mol. The predicted molar refractivity (Wildman–Crippen MR) is 91.4 cm³/mol. The molecule has 4 aromatic rings. The SMILES string of the molecule is [Cu+2].[NH-]c1cccc2cccnc12.[NH-]c1cccc2cccnc12. The van der Waals surface area contributed by atoms with Crippen LogP contribution in [0.4, 0.5) is 11.4 Å². The average Bonchev–Trinajstić information content (AvgIpc) is 2.57. The number of pyridine rings is 2. The van der Waals surface area contributed by atoms with Crippen LogP contribution >= 0.6 is 0 Å². The van der Waals surface area contributed by atoms with Crippen molar-refractivity contribution in [3.63, 3.8) is 0 Å². The second-order valence-corrected chi connectivity index (χ2v) is 4.76. The van der Waals surface area contributed by atoms with Gasteiger partial charge in [0, 0.05) is 12.4 Å². The topological polar surface area (TPSA) is 73.4 Å². The van der Waals surface area contributed by atoms with Crippen molar-refractivity contribution in [3.05, 3.63) is 84.5 Å². The number of fused-ring (bicyclic) bond motifs is 2. The number of rotatable bonds is 0. The van der Waals surface area contributed by atoms with E-state index in [1.54, 1.807) is 24.5 Å². The summed E-state index contributed by atoms with van der Waals surface area (Å²) in [7, 11) is 0. The van der Waals surface area contributed by atoms with E-state index in [2.05, 4.69) is 9.97 Å². The van der Waals surface area contributed by atoms with Gasteiger partial charge in [0.25, 0.3) is 0 Å². The third-order valence-corrected chi connectivity index (χ3v) is 3.27. The van der Waals surface area contributed by atoms with Gasteiger partial charge in [-0.05, 0) is 22.9 Å². The van der Waals surface area contributed by atoms with Gasteiger partial charge in [0.05, 0.1) is 11.0 Å². The van der Waals surface area contributed by atoms with Crippen molar-refractivity contribution >= 4 is 33.2 Å². The molecule has 0 aliphatic heterocycles. The van der Waals surface area contributed by atoms with Gasteiger partial charge in [-0.25, -0.2) is 0 Å². The number of hydrogen-bond acceptors (Lipinski definition) is 2. The first-order valence-electron chi connectivity index (χ1n) is 6.86. The predicted octanol–water partition coefficient (Wildman–Crippen LogP) is 5.83. The van der Waals surface area contributed by atoms with E-state index >= 15 is 0 Å². The maximum absolute atomic E-state index is 7.50. The third kappa shape index (κ3) is 3.77. The Hall–Kier alpha value is -2.62. The number of hydrogen-bond donors (Lipinski definition) is 0. The van der Waals surface area contributed by atoms with Gasteiger partial charge in [-0.1, -0.05) is 48.5 Å². The first-order valence-corrected chi connectivity index (χ1v) is 6.86. The Kier molecular flexibility index (Phi) is 5.52. The van der Waals surface area contributed by atoms with E-state index < -0.39 is 0 Å². The Morgan fingerprint density at radius 2 is 0.957 bits per heavy atom. The molecular formula is C18H14CuN4. The van der Waals surface area contributed by atoms with Crippen molar-refractivity contribution in [1.29, 1.82) is 0 Å². The van der Waals surface area contributed by atoms with E-state index in [1.165, 1.54) is 0 Å². The Labute approximate surface area is 145 Å². The molecule has 2 heterocycles. The van der Waals surface area contributed by atoms with Gasteiger partial charge in [-0.15, -0.1) is 11.4 Å². The number of benzene rings is 2. The average molecular weight is 350 g/mol. The van der Waals surface area contributed by atoms with Gasteiger partial charge >= 0.3 is 17.1 Å². The molecule has 4 nitrogen and oxygen atoms in total. The van der Waals surface area contributed by atoms with E-state index in [4.69, 9.17) is 11.5 Å². The van der Waals surface area contributed by atoms with Crippen molar-refractivity contribution < 1.29 is 17.1 Å². The van der Waals surface area contributed by atoms with E-state index in [1.807, 2.05) is 48.5 Å². The largest absolute Gasteiger partial charge is 2.00 e. The van der Waals surface area contributed by atoms with Gasteiger partial charge in [0.1, 0.15) is 0 Å². The number of nitrogens with zero attached hydrogens (tertiary/aromatic N) is 2. The molecule has 0 spiro atoms. The first-order chi connectivity index (χ1) is 10.8. The summed E-state index contributed by atoms with van der Waals surface area (Å²) in [5.41, 5.74) is 17.5. The van der Waals surface area contributed by atoms with Crippen molar-refractivity contribution in [2.75, 3.05) is 0 Å². The molecule has 0 unspecified atom stereocenters. The molecule has 0 fully saturated rings. The molecule has 0 amide bonds. The maximum Gasteiger partial charge on any atom is 2.00 e. The smallest absolute Gasteiger partial charge is 0.697 e. The monoisotopic (exact) mass is 349 g/mol. The van der Waals surface area contributed by atoms with Crippen LogP contribution in [0.3, 0.4) is 0 Å². The molecule has 4 rings (SSSR count). The second kappa shape index (κ2) is 7.58. The Balaban J connectivity index is 0.000000160. The summed E-state index contributed by atoms with van der Waals surface area (Å²) in [5.74, 6) is 0. The quantitative estimate of drug-likeness (QED) is 0.374.